The largest absolute Gasteiger partial charge is 0.501 e. The van der Waals surface area contributed by atoms with Crippen LogP contribution in [0.5, 0.6) is 11.5 Å². The molecule has 4 rings (SSSR count). The van der Waals surface area contributed by atoms with Crippen molar-refractivity contribution in [2.75, 3.05) is 14.2 Å². The topological polar surface area (TPSA) is 110 Å². The number of carbonyl (C=O) groups excluding carboxylic acids is 1. The van der Waals surface area contributed by atoms with Gasteiger partial charge in [-0.2, -0.15) is 13.2 Å². The second-order valence-corrected chi connectivity index (χ2v) is 10.5. The molecule has 4 aromatic rings. The van der Waals surface area contributed by atoms with Crippen molar-refractivity contribution in [2.24, 2.45) is 0 Å². The van der Waals surface area contributed by atoms with Gasteiger partial charge < -0.3 is 19.8 Å². The van der Waals surface area contributed by atoms with Crippen LogP contribution in [0.3, 0.4) is 0 Å². The highest BCUT2D eigenvalue weighted by atomic mass is 32.2. The van der Waals surface area contributed by atoms with E-state index in [1.807, 2.05) is 13.0 Å². The van der Waals surface area contributed by atoms with Crippen LogP contribution < -0.4 is 14.8 Å². The molecule has 0 unspecified atom stereocenters. The number of H-pyrrole nitrogens is 1. The van der Waals surface area contributed by atoms with Crippen LogP contribution in [0.15, 0.2) is 71.9 Å². The Morgan fingerprint density at radius 1 is 1.05 bits per heavy atom. The van der Waals surface area contributed by atoms with Crippen molar-refractivity contribution in [3.05, 3.63) is 78.1 Å². The van der Waals surface area contributed by atoms with Gasteiger partial charge in [-0.05, 0) is 54.5 Å². The number of rotatable bonds is 8. The summed E-state index contributed by atoms with van der Waals surface area (Å²) in [4.78, 5) is 19.0. The third-order valence-corrected chi connectivity index (χ3v) is 7.51. The van der Waals surface area contributed by atoms with Gasteiger partial charge in [0, 0.05) is 35.0 Å². The van der Waals surface area contributed by atoms with Crippen molar-refractivity contribution in [1.29, 1.82) is 0 Å². The molecule has 0 bridgehead atoms. The molecule has 1 atom stereocenters. The summed E-state index contributed by atoms with van der Waals surface area (Å²) in [5.74, 6) is 0.747. The molecule has 0 saturated heterocycles. The van der Waals surface area contributed by atoms with Gasteiger partial charge in [0.25, 0.3) is 9.84 Å². The standard InChI is InChI=1S/C27H24F3N3O5S/c1-16(17-7-9-23(37-2)24(13-17)38-3)33-25(34)10-8-19-14-31-26-22(19)12-20(15-32-26)18-5-4-6-21(11-18)39(35,36)27(28,29)30/h4-16H,1-3H3,(H,31,32)(H,33,34)/b10-8+/t16-/m1/s1. The van der Waals surface area contributed by atoms with E-state index >= 15 is 0 Å². The molecule has 2 N–H and O–H groups in total. The van der Waals surface area contributed by atoms with Crippen LogP contribution >= 0.6 is 0 Å². The lowest BCUT2D eigenvalue weighted by Crippen LogP contribution is -2.24. The van der Waals surface area contributed by atoms with Crippen molar-refractivity contribution >= 4 is 32.9 Å². The van der Waals surface area contributed by atoms with Gasteiger partial charge in [0.2, 0.25) is 5.91 Å². The third kappa shape index (κ3) is 5.75. The maximum Gasteiger partial charge on any atom is 0.501 e. The number of halogens is 3. The van der Waals surface area contributed by atoms with E-state index in [0.29, 0.717) is 33.7 Å². The first-order valence-corrected chi connectivity index (χ1v) is 13.0. The number of hydrogen-bond acceptors (Lipinski definition) is 6. The zero-order valence-corrected chi connectivity index (χ0v) is 21.9. The van der Waals surface area contributed by atoms with Crippen LogP contribution in [0.2, 0.25) is 0 Å². The van der Waals surface area contributed by atoms with Gasteiger partial charge in [0.1, 0.15) is 5.65 Å². The van der Waals surface area contributed by atoms with E-state index < -0.39 is 20.2 Å². The summed E-state index contributed by atoms with van der Waals surface area (Å²) < 4.78 is 73.2. The number of aromatic nitrogens is 2. The number of pyridine rings is 1. The lowest BCUT2D eigenvalue weighted by molar-refractivity contribution is -0.117. The van der Waals surface area contributed by atoms with Gasteiger partial charge in [-0.1, -0.05) is 18.2 Å². The summed E-state index contributed by atoms with van der Waals surface area (Å²) in [6.45, 7) is 1.82. The van der Waals surface area contributed by atoms with E-state index in [1.54, 1.807) is 30.5 Å². The molecule has 1 amide bonds. The van der Waals surface area contributed by atoms with Crippen molar-refractivity contribution < 1.29 is 35.9 Å². The third-order valence-electron chi connectivity index (χ3n) is 6.03. The zero-order chi connectivity index (χ0) is 28.4. The number of hydrogen-bond donors (Lipinski definition) is 2. The van der Waals surface area contributed by atoms with Crippen molar-refractivity contribution in [3.63, 3.8) is 0 Å². The Hall–Kier alpha value is -4.32. The van der Waals surface area contributed by atoms with Crippen molar-refractivity contribution in [2.45, 2.75) is 23.4 Å². The number of nitrogens with zero attached hydrogens (tertiary/aromatic N) is 1. The van der Waals surface area contributed by atoms with Gasteiger partial charge in [-0.15, -0.1) is 0 Å². The fraction of sp³-hybridized carbons (Fsp3) is 0.185. The molecule has 204 valence electrons. The summed E-state index contributed by atoms with van der Waals surface area (Å²) >= 11 is 0. The van der Waals surface area contributed by atoms with Crippen LogP contribution in [0.25, 0.3) is 28.2 Å². The summed E-state index contributed by atoms with van der Waals surface area (Å²) in [7, 11) is -2.44. The van der Waals surface area contributed by atoms with E-state index in [9.17, 15) is 26.4 Å². The van der Waals surface area contributed by atoms with E-state index in [4.69, 9.17) is 9.47 Å². The monoisotopic (exact) mass is 559 g/mol. The number of aromatic amines is 1. The average Bonchev–Trinajstić information content (AvgIpc) is 3.33. The van der Waals surface area contributed by atoms with Crippen LogP contribution in [-0.2, 0) is 14.6 Å². The first-order valence-electron chi connectivity index (χ1n) is 11.5. The number of benzene rings is 2. The number of alkyl halides is 3. The molecule has 0 aliphatic rings. The fourth-order valence-corrected chi connectivity index (χ4v) is 4.74. The number of sulfone groups is 1. The lowest BCUT2D eigenvalue weighted by atomic mass is 10.1. The molecule has 2 aromatic heterocycles. The molecule has 12 heteroatoms. The lowest BCUT2D eigenvalue weighted by Gasteiger charge is -2.15. The quantitative estimate of drug-likeness (QED) is 0.279. The van der Waals surface area contributed by atoms with Crippen LogP contribution in [0, 0.1) is 0 Å². The molecule has 8 nitrogen and oxygen atoms in total. The predicted octanol–water partition coefficient (Wildman–Crippen LogP) is 5.43. The Labute approximate surface area is 222 Å². The van der Waals surface area contributed by atoms with Gasteiger partial charge >= 0.3 is 5.51 Å². The van der Waals surface area contributed by atoms with E-state index in [-0.39, 0.29) is 17.5 Å². The highest BCUT2D eigenvalue weighted by Crippen LogP contribution is 2.33. The molecule has 0 aliphatic heterocycles. The normalized spacial score (nSPS) is 13.0. The minimum atomic E-state index is -5.50. The molecular weight excluding hydrogens is 535 g/mol. The Kier molecular flexibility index (Phi) is 7.68. The zero-order valence-electron chi connectivity index (χ0n) is 21.0. The van der Waals surface area contributed by atoms with Gasteiger partial charge in [-0.3, -0.25) is 4.79 Å². The molecule has 0 fully saturated rings. The number of carbonyl (C=O) groups is 1. The van der Waals surface area contributed by atoms with Gasteiger partial charge in [-0.25, -0.2) is 13.4 Å². The number of nitrogens with one attached hydrogen (secondary N) is 2. The highest BCUT2D eigenvalue weighted by molar-refractivity contribution is 7.92. The van der Waals surface area contributed by atoms with Crippen LogP contribution in [0.1, 0.15) is 24.1 Å². The predicted molar refractivity (Wildman–Crippen MR) is 140 cm³/mol. The molecule has 0 spiro atoms. The summed E-state index contributed by atoms with van der Waals surface area (Å²) in [5, 5.41) is 3.46. The van der Waals surface area contributed by atoms with Gasteiger partial charge in [0.15, 0.2) is 11.5 Å². The minimum absolute atomic E-state index is 0.243. The molecule has 0 aliphatic carbocycles. The Morgan fingerprint density at radius 2 is 1.79 bits per heavy atom. The van der Waals surface area contributed by atoms with Crippen LogP contribution in [-0.4, -0.2) is 44.0 Å². The molecular formula is C27H24F3N3O5S. The van der Waals surface area contributed by atoms with Crippen molar-refractivity contribution in [3.8, 4) is 22.6 Å². The Bertz CT molecular complexity index is 1660. The average molecular weight is 560 g/mol. The first-order chi connectivity index (χ1) is 18.4. The number of methoxy groups -OCH3 is 2. The fourth-order valence-electron chi connectivity index (χ4n) is 3.93. The first kappa shape index (κ1) is 27.7. The molecule has 2 aromatic carbocycles. The Morgan fingerprint density at radius 3 is 2.49 bits per heavy atom. The van der Waals surface area contributed by atoms with E-state index in [2.05, 4.69) is 15.3 Å². The van der Waals surface area contributed by atoms with E-state index in [0.717, 1.165) is 17.7 Å². The molecule has 2 heterocycles. The van der Waals surface area contributed by atoms with Crippen LogP contribution in [0.4, 0.5) is 13.2 Å². The smallest absolute Gasteiger partial charge is 0.493 e. The van der Waals surface area contributed by atoms with E-state index in [1.165, 1.54) is 38.6 Å². The van der Waals surface area contributed by atoms with Gasteiger partial charge in [0.05, 0.1) is 25.2 Å². The SMILES string of the molecule is COc1ccc([C@@H](C)NC(=O)/C=C/c2c[nH]c3ncc(-c4cccc(S(=O)(=O)C(F)(F)F)c4)cc23)cc1OC. The van der Waals surface area contributed by atoms with Crippen molar-refractivity contribution in [1.82, 2.24) is 15.3 Å². The number of amides is 1. The summed E-state index contributed by atoms with van der Waals surface area (Å²) in [5.41, 5.74) is -2.87. The number of ether oxygens (including phenoxy) is 2. The molecule has 0 radical (unpaired) electrons. The minimum Gasteiger partial charge on any atom is -0.493 e. The number of fused-ring (bicyclic) bond motifs is 1. The summed E-state index contributed by atoms with van der Waals surface area (Å²) in [6, 6.07) is 11.2. The maximum atomic E-state index is 13.0. The molecule has 0 saturated carbocycles. The second kappa shape index (κ2) is 10.8. The second-order valence-electron chi connectivity index (χ2n) is 8.52. The molecule has 39 heavy (non-hydrogen) atoms. The highest BCUT2D eigenvalue weighted by Gasteiger charge is 2.46. The Balaban J connectivity index is 1.55. The maximum absolute atomic E-state index is 13.0. The summed E-state index contributed by atoms with van der Waals surface area (Å²) in [6.07, 6.45) is 5.98.